The average Bonchev–Trinajstić information content (AvgIpc) is 2.64. The van der Waals surface area contributed by atoms with E-state index in [4.69, 9.17) is 5.73 Å². The highest BCUT2D eigenvalue weighted by molar-refractivity contribution is 8.00. The van der Waals surface area contributed by atoms with Crippen molar-refractivity contribution in [1.29, 1.82) is 0 Å². The van der Waals surface area contributed by atoms with Crippen LogP contribution >= 0.6 is 23.3 Å². The Morgan fingerprint density at radius 2 is 2.29 bits per heavy atom. The Balaban J connectivity index is 2.22. The fraction of sp³-hybridized carbons (Fsp3) is 0.125. The lowest BCUT2D eigenvalue weighted by Gasteiger charge is -2.00. The number of hydrogen-bond acceptors (Lipinski definition) is 6. The molecule has 2 aromatic heterocycles. The Labute approximate surface area is 89.8 Å². The zero-order valence-electron chi connectivity index (χ0n) is 7.47. The normalized spacial score (nSPS) is 10.4. The van der Waals surface area contributed by atoms with Crippen molar-refractivity contribution in [3.05, 3.63) is 24.2 Å². The van der Waals surface area contributed by atoms with Gasteiger partial charge in [0.2, 0.25) is 0 Å². The van der Waals surface area contributed by atoms with Gasteiger partial charge in [-0.2, -0.15) is 4.37 Å². The molecule has 6 heteroatoms. The molecule has 14 heavy (non-hydrogen) atoms. The molecule has 2 rings (SSSR count). The van der Waals surface area contributed by atoms with E-state index in [9.17, 15) is 0 Å². The van der Waals surface area contributed by atoms with Crippen LogP contribution in [-0.2, 0) is 0 Å². The van der Waals surface area contributed by atoms with Crippen LogP contribution in [0.25, 0.3) is 0 Å². The molecule has 0 aromatic carbocycles. The van der Waals surface area contributed by atoms with Crippen molar-refractivity contribution in [2.45, 2.75) is 16.3 Å². The average molecular weight is 224 g/mol. The molecule has 0 atom stereocenters. The fourth-order valence-corrected chi connectivity index (χ4v) is 2.33. The summed E-state index contributed by atoms with van der Waals surface area (Å²) in [6, 6.07) is 1.95. The predicted octanol–water partition coefficient (Wildman–Crippen LogP) is 1.97. The maximum absolute atomic E-state index is 5.66. The summed E-state index contributed by atoms with van der Waals surface area (Å²) in [6.45, 7) is 1.96. The van der Waals surface area contributed by atoms with Crippen molar-refractivity contribution in [1.82, 2.24) is 14.3 Å². The summed E-state index contributed by atoms with van der Waals surface area (Å²) >= 11 is 2.85. The zero-order chi connectivity index (χ0) is 9.97. The van der Waals surface area contributed by atoms with Crippen molar-refractivity contribution >= 4 is 29.0 Å². The van der Waals surface area contributed by atoms with Crippen LogP contribution in [0.1, 0.15) is 5.56 Å². The standard InChI is InChI=1S/C8H8N4S2/c1-5-2-7(10-3-6(5)9)13-8-11-4-12-14-8/h2-4H,9H2,1H3. The molecular weight excluding hydrogens is 216 g/mol. The number of pyridine rings is 1. The van der Waals surface area contributed by atoms with E-state index >= 15 is 0 Å². The summed E-state index contributed by atoms with van der Waals surface area (Å²) in [5.74, 6) is 0. The fourth-order valence-electron chi connectivity index (χ4n) is 0.894. The zero-order valence-corrected chi connectivity index (χ0v) is 9.10. The van der Waals surface area contributed by atoms with Gasteiger partial charge >= 0.3 is 0 Å². The minimum Gasteiger partial charge on any atom is -0.397 e. The number of hydrogen-bond donors (Lipinski definition) is 1. The van der Waals surface area contributed by atoms with Crippen molar-refractivity contribution in [3.63, 3.8) is 0 Å². The van der Waals surface area contributed by atoms with E-state index in [1.165, 1.54) is 29.6 Å². The third-order valence-electron chi connectivity index (χ3n) is 1.66. The molecule has 4 nitrogen and oxygen atoms in total. The Hall–Kier alpha value is -1.14. The second-order valence-electron chi connectivity index (χ2n) is 2.69. The van der Waals surface area contributed by atoms with Crippen LogP contribution in [0.15, 0.2) is 28.0 Å². The highest BCUT2D eigenvalue weighted by Gasteiger charge is 2.03. The molecule has 72 valence electrons. The monoisotopic (exact) mass is 224 g/mol. The first-order valence-corrected chi connectivity index (χ1v) is 5.51. The summed E-state index contributed by atoms with van der Waals surface area (Å²) in [4.78, 5) is 8.25. The predicted molar refractivity (Wildman–Crippen MR) is 57.4 cm³/mol. The van der Waals surface area contributed by atoms with Crippen molar-refractivity contribution < 1.29 is 0 Å². The van der Waals surface area contributed by atoms with Gasteiger partial charge in [-0.15, -0.1) is 0 Å². The number of aryl methyl sites for hydroxylation is 1. The van der Waals surface area contributed by atoms with E-state index in [1.54, 1.807) is 6.20 Å². The lowest BCUT2D eigenvalue weighted by molar-refractivity contribution is 1.11. The van der Waals surface area contributed by atoms with Gasteiger partial charge in [-0.1, -0.05) is 0 Å². The molecule has 0 saturated carbocycles. The molecule has 0 amide bonds. The molecule has 0 aliphatic carbocycles. The molecule has 0 bridgehead atoms. The summed E-state index contributed by atoms with van der Waals surface area (Å²) in [5, 5.41) is 0.897. The minimum atomic E-state index is 0.714. The summed E-state index contributed by atoms with van der Waals surface area (Å²) in [6.07, 6.45) is 3.20. The molecule has 2 heterocycles. The number of nitrogen functional groups attached to an aromatic ring is 1. The lowest BCUT2D eigenvalue weighted by Crippen LogP contribution is -1.91. The third-order valence-corrected chi connectivity index (χ3v) is 3.31. The van der Waals surface area contributed by atoms with E-state index in [1.807, 2.05) is 13.0 Å². The van der Waals surface area contributed by atoms with Crippen molar-refractivity contribution in [3.8, 4) is 0 Å². The van der Waals surface area contributed by atoms with Crippen LogP contribution < -0.4 is 5.73 Å². The van der Waals surface area contributed by atoms with Crippen molar-refractivity contribution in [2.75, 3.05) is 5.73 Å². The quantitative estimate of drug-likeness (QED) is 0.845. The van der Waals surface area contributed by atoms with Gasteiger partial charge in [0.25, 0.3) is 0 Å². The molecule has 0 spiro atoms. The van der Waals surface area contributed by atoms with E-state index in [0.29, 0.717) is 5.69 Å². The third kappa shape index (κ3) is 2.02. The first kappa shape index (κ1) is 9.42. The Morgan fingerprint density at radius 1 is 1.43 bits per heavy atom. The van der Waals surface area contributed by atoms with Crippen LogP contribution in [-0.4, -0.2) is 14.3 Å². The van der Waals surface area contributed by atoms with Gasteiger partial charge in [-0.05, 0) is 41.8 Å². The smallest absolute Gasteiger partial charge is 0.175 e. The van der Waals surface area contributed by atoms with Crippen LogP contribution in [0, 0.1) is 6.92 Å². The van der Waals surface area contributed by atoms with Crippen LogP contribution in [0.3, 0.4) is 0 Å². The Kier molecular flexibility index (Phi) is 2.64. The maximum Gasteiger partial charge on any atom is 0.175 e. The summed E-state index contributed by atoms with van der Waals surface area (Å²) in [7, 11) is 0. The van der Waals surface area contributed by atoms with Gasteiger partial charge < -0.3 is 5.73 Å². The van der Waals surface area contributed by atoms with E-state index in [-0.39, 0.29) is 0 Å². The van der Waals surface area contributed by atoms with Crippen LogP contribution in [0.5, 0.6) is 0 Å². The SMILES string of the molecule is Cc1cc(Sc2ncns2)ncc1N. The summed E-state index contributed by atoms with van der Waals surface area (Å²) in [5.41, 5.74) is 7.41. The maximum atomic E-state index is 5.66. The second kappa shape index (κ2) is 3.93. The van der Waals surface area contributed by atoms with E-state index in [2.05, 4.69) is 14.3 Å². The molecule has 0 aliphatic rings. The molecule has 0 saturated heterocycles. The van der Waals surface area contributed by atoms with Gasteiger partial charge in [-0.3, -0.25) is 0 Å². The van der Waals surface area contributed by atoms with Gasteiger partial charge in [-0.25, -0.2) is 9.97 Å². The molecule has 2 aromatic rings. The number of rotatable bonds is 2. The number of nitrogens with two attached hydrogens (primary N) is 1. The van der Waals surface area contributed by atoms with E-state index < -0.39 is 0 Å². The van der Waals surface area contributed by atoms with Gasteiger partial charge in [0.15, 0.2) is 4.34 Å². The van der Waals surface area contributed by atoms with Gasteiger partial charge in [0.1, 0.15) is 11.4 Å². The topological polar surface area (TPSA) is 64.7 Å². The first-order valence-electron chi connectivity index (χ1n) is 3.92. The molecule has 0 radical (unpaired) electrons. The van der Waals surface area contributed by atoms with E-state index in [0.717, 1.165) is 14.9 Å². The highest BCUT2D eigenvalue weighted by Crippen LogP contribution is 2.27. The first-order chi connectivity index (χ1) is 6.75. The Morgan fingerprint density at radius 3 is 2.93 bits per heavy atom. The Bertz CT molecular complexity index is 427. The molecule has 0 unspecified atom stereocenters. The molecule has 0 fully saturated rings. The number of anilines is 1. The largest absolute Gasteiger partial charge is 0.397 e. The lowest BCUT2D eigenvalue weighted by atomic mass is 10.3. The van der Waals surface area contributed by atoms with Crippen molar-refractivity contribution in [2.24, 2.45) is 0 Å². The molecule has 2 N–H and O–H groups in total. The summed E-state index contributed by atoms with van der Waals surface area (Å²) < 4.78 is 4.81. The molecule has 0 aliphatic heterocycles. The van der Waals surface area contributed by atoms with Crippen LogP contribution in [0.4, 0.5) is 5.69 Å². The van der Waals surface area contributed by atoms with Gasteiger partial charge in [0.05, 0.1) is 11.9 Å². The highest BCUT2D eigenvalue weighted by atomic mass is 32.2. The number of aromatic nitrogens is 3. The van der Waals surface area contributed by atoms with Gasteiger partial charge in [0, 0.05) is 0 Å². The number of nitrogens with zero attached hydrogens (tertiary/aromatic N) is 3. The molecular formula is C8H8N4S2. The minimum absolute atomic E-state index is 0.714. The van der Waals surface area contributed by atoms with Crippen LogP contribution in [0.2, 0.25) is 0 Å². The second-order valence-corrected chi connectivity index (χ2v) is 4.74.